The van der Waals surface area contributed by atoms with Gasteiger partial charge in [0.2, 0.25) is 5.91 Å². The Hall–Kier alpha value is -3.31. The van der Waals surface area contributed by atoms with Crippen LogP contribution in [0.1, 0.15) is 48.3 Å². The van der Waals surface area contributed by atoms with Crippen molar-refractivity contribution in [1.29, 1.82) is 0 Å². The molecule has 35 heavy (non-hydrogen) atoms. The monoisotopic (exact) mass is 489 g/mol. The van der Waals surface area contributed by atoms with E-state index in [0.717, 1.165) is 53.1 Å². The minimum atomic E-state index is -0.214. The number of aromatic nitrogens is 2. The molecule has 0 fully saturated rings. The van der Waals surface area contributed by atoms with Gasteiger partial charge in [-0.05, 0) is 75.1 Å². The van der Waals surface area contributed by atoms with E-state index in [-0.39, 0.29) is 11.9 Å². The number of nitrogens with zero attached hydrogens (tertiary/aromatic N) is 2. The zero-order chi connectivity index (χ0) is 24.8. The van der Waals surface area contributed by atoms with Crippen molar-refractivity contribution in [1.82, 2.24) is 14.9 Å². The van der Waals surface area contributed by atoms with Gasteiger partial charge in [0.05, 0.1) is 30.1 Å². The molecule has 1 heterocycles. The maximum atomic E-state index is 12.7. The van der Waals surface area contributed by atoms with E-state index in [1.807, 2.05) is 43.3 Å². The van der Waals surface area contributed by atoms with Gasteiger partial charge < -0.3 is 14.6 Å². The van der Waals surface area contributed by atoms with E-state index in [1.54, 1.807) is 12.1 Å². The Morgan fingerprint density at radius 2 is 1.83 bits per heavy atom. The molecule has 0 saturated carbocycles. The van der Waals surface area contributed by atoms with Crippen molar-refractivity contribution in [3.05, 3.63) is 94.3 Å². The molecule has 4 rings (SSSR count). The lowest BCUT2D eigenvalue weighted by Gasteiger charge is -2.17. The number of fused-ring (bicyclic) bond motifs is 1. The van der Waals surface area contributed by atoms with Crippen molar-refractivity contribution in [2.45, 2.75) is 52.6 Å². The van der Waals surface area contributed by atoms with Gasteiger partial charge in [0.15, 0.2) is 0 Å². The van der Waals surface area contributed by atoms with Crippen LogP contribution in [-0.2, 0) is 17.8 Å². The van der Waals surface area contributed by atoms with Gasteiger partial charge in [-0.15, -0.1) is 0 Å². The van der Waals surface area contributed by atoms with Gasteiger partial charge in [-0.3, -0.25) is 4.79 Å². The fraction of sp³-hybridized carbons (Fsp3) is 0.310. The number of halogens is 1. The van der Waals surface area contributed by atoms with Crippen LogP contribution in [0.4, 0.5) is 0 Å². The van der Waals surface area contributed by atoms with Crippen molar-refractivity contribution in [2.75, 3.05) is 6.61 Å². The number of aryl methyl sites for hydroxylation is 3. The maximum Gasteiger partial charge on any atom is 0.224 e. The first-order valence-electron chi connectivity index (χ1n) is 12.1. The topological polar surface area (TPSA) is 56.1 Å². The minimum Gasteiger partial charge on any atom is -0.493 e. The molecule has 6 heteroatoms. The molecule has 5 nitrogen and oxygen atoms in total. The van der Waals surface area contributed by atoms with Crippen molar-refractivity contribution in [2.24, 2.45) is 0 Å². The van der Waals surface area contributed by atoms with E-state index < -0.39 is 0 Å². The molecule has 0 aliphatic carbocycles. The lowest BCUT2D eigenvalue weighted by atomic mass is 10.1. The van der Waals surface area contributed by atoms with Gasteiger partial charge in [-0.25, -0.2) is 4.98 Å². The van der Waals surface area contributed by atoms with Crippen molar-refractivity contribution in [3.8, 4) is 5.75 Å². The van der Waals surface area contributed by atoms with Gasteiger partial charge in [0.1, 0.15) is 11.6 Å². The molecule has 1 aromatic heterocycles. The highest BCUT2D eigenvalue weighted by Crippen LogP contribution is 2.23. The van der Waals surface area contributed by atoms with Gasteiger partial charge in [0.25, 0.3) is 0 Å². The van der Waals surface area contributed by atoms with E-state index in [2.05, 4.69) is 41.9 Å². The van der Waals surface area contributed by atoms with E-state index in [0.29, 0.717) is 18.1 Å². The highest BCUT2D eigenvalue weighted by Gasteiger charge is 2.18. The van der Waals surface area contributed by atoms with Crippen LogP contribution in [0.25, 0.3) is 11.0 Å². The zero-order valence-corrected chi connectivity index (χ0v) is 21.3. The number of carbonyl (C=O) groups excluding carboxylic acids is 1. The van der Waals surface area contributed by atoms with Crippen molar-refractivity contribution in [3.63, 3.8) is 0 Å². The highest BCUT2D eigenvalue weighted by molar-refractivity contribution is 6.30. The molecule has 0 aliphatic rings. The van der Waals surface area contributed by atoms with Crippen LogP contribution in [0.5, 0.6) is 5.75 Å². The third-order valence-corrected chi connectivity index (χ3v) is 6.34. The van der Waals surface area contributed by atoms with Gasteiger partial charge in [-0.2, -0.15) is 0 Å². The molecular weight excluding hydrogens is 458 g/mol. The summed E-state index contributed by atoms with van der Waals surface area (Å²) in [7, 11) is 0. The summed E-state index contributed by atoms with van der Waals surface area (Å²) in [5.74, 6) is 1.77. The van der Waals surface area contributed by atoms with E-state index >= 15 is 0 Å². The van der Waals surface area contributed by atoms with E-state index in [9.17, 15) is 4.79 Å². The molecule has 1 amide bonds. The van der Waals surface area contributed by atoms with Gasteiger partial charge in [-0.1, -0.05) is 53.6 Å². The number of unbranched alkanes of at least 4 members (excludes halogenated alkanes) is 1. The maximum absolute atomic E-state index is 12.7. The average molecular weight is 490 g/mol. The van der Waals surface area contributed by atoms with Crippen molar-refractivity contribution >= 4 is 28.5 Å². The Morgan fingerprint density at radius 1 is 1.06 bits per heavy atom. The quantitative estimate of drug-likeness (QED) is 0.256. The average Bonchev–Trinajstić information content (AvgIpc) is 3.20. The van der Waals surface area contributed by atoms with E-state index in [1.165, 1.54) is 5.56 Å². The highest BCUT2D eigenvalue weighted by atomic mass is 35.5. The number of amides is 1. The zero-order valence-electron chi connectivity index (χ0n) is 20.6. The lowest BCUT2D eigenvalue weighted by molar-refractivity contribution is -0.121. The van der Waals surface area contributed by atoms with Gasteiger partial charge >= 0.3 is 0 Å². The van der Waals surface area contributed by atoms with Crippen LogP contribution in [0.15, 0.2) is 66.7 Å². The number of hydrogen-bond donors (Lipinski definition) is 1. The number of para-hydroxylation sites is 2. The molecule has 182 valence electrons. The molecule has 0 saturated heterocycles. The van der Waals surface area contributed by atoms with Crippen LogP contribution in [0.2, 0.25) is 5.02 Å². The van der Waals surface area contributed by atoms with Gasteiger partial charge in [0, 0.05) is 11.6 Å². The van der Waals surface area contributed by atoms with Crippen LogP contribution in [0.3, 0.4) is 0 Å². The molecule has 0 radical (unpaired) electrons. The summed E-state index contributed by atoms with van der Waals surface area (Å²) in [6.45, 7) is 7.63. The van der Waals surface area contributed by atoms with Crippen LogP contribution < -0.4 is 10.1 Å². The molecule has 4 aromatic rings. The standard InChI is InChI=1S/C29H32ClN3O2/c1-20-10-15-27(21(2)18-20)35-17-7-6-16-33-26-9-5-4-8-25(26)32-29(33)22(3)31-28(34)19-23-11-13-24(30)14-12-23/h4-5,8-15,18,22H,6-7,16-17,19H2,1-3H3,(H,31,34). The number of hydrogen-bond acceptors (Lipinski definition) is 3. The SMILES string of the molecule is Cc1ccc(OCCCCn2c(C(C)NC(=O)Cc3ccc(Cl)cc3)nc3ccccc32)c(C)c1. The fourth-order valence-electron chi connectivity index (χ4n) is 4.32. The summed E-state index contributed by atoms with van der Waals surface area (Å²) in [5, 5.41) is 3.78. The smallest absolute Gasteiger partial charge is 0.224 e. The summed E-state index contributed by atoms with van der Waals surface area (Å²) in [4.78, 5) is 17.5. The number of carbonyl (C=O) groups is 1. The Bertz CT molecular complexity index is 1300. The first-order valence-corrected chi connectivity index (χ1v) is 12.5. The Morgan fingerprint density at radius 3 is 2.60 bits per heavy atom. The normalized spacial score (nSPS) is 12.0. The predicted molar refractivity (Wildman–Crippen MR) is 142 cm³/mol. The summed E-state index contributed by atoms with van der Waals surface area (Å²) in [6, 6.07) is 21.5. The first-order chi connectivity index (χ1) is 16.9. The number of imidazole rings is 1. The third kappa shape index (κ3) is 6.43. The Kier molecular flexibility index (Phi) is 8.09. The molecule has 1 N–H and O–H groups in total. The first kappa shape index (κ1) is 24.8. The summed E-state index contributed by atoms with van der Waals surface area (Å²) in [6.07, 6.45) is 2.18. The Balaban J connectivity index is 1.38. The Labute approximate surface area is 212 Å². The fourth-order valence-corrected chi connectivity index (χ4v) is 4.45. The molecule has 1 atom stereocenters. The molecule has 0 bridgehead atoms. The molecule has 0 aliphatic heterocycles. The molecule has 1 unspecified atom stereocenters. The largest absolute Gasteiger partial charge is 0.493 e. The summed E-state index contributed by atoms with van der Waals surface area (Å²) in [5.41, 5.74) is 5.35. The van der Waals surface area contributed by atoms with E-state index in [4.69, 9.17) is 21.3 Å². The second kappa shape index (κ2) is 11.4. The molecule has 3 aromatic carbocycles. The van der Waals surface area contributed by atoms with Crippen molar-refractivity contribution < 1.29 is 9.53 Å². The number of benzene rings is 3. The van der Waals surface area contributed by atoms with Crippen LogP contribution >= 0.6 is 11.6 Å². The minimum absolute atomic E-state index is 0.0414. The summed E-state index contributed by atoms with van der Waals surface area (Å²) >= 11 is 5.95. The summed E-state index contributed by atoms with van der Waals surface area (Å²) < 4.78 is 8.22. The van der Waals surface area contributed by atoms with Crippen LogP contribution in [0, 0.1) is 13.8 Å². The third-order valence-electron chi connectivity index (χ3n) is 6.09. The number of rotatable bonds is 10. The number of nitrogens with one attached hydrogen (secondary N) is 1. The molecule has 0 spiro atoms. The number of ether oxygens (including phenoxy) is 1. The lowest BCUT2D eigenvalue weighted by Crippen LogP contribution is -2.30. The van der Waals surface area contributed by atoms with Crippen LogP contribution in [-0.4, -0.2) is 22.1 Å². The second-order valence-electron chi connectivity index (χ2n) is 9.03. The predicted octanol–water partition coefficient (Wildman–Crippen LogP) is 6.59. The molecular formula is C29H32ClN3O2. The second-order valence-corrected chi connectivity index (χ2v) is 9.46.